The molecule has 2 N–H and O–H groups in total. The number of ether oxygens (including phenoxy) is 1. The number of para-hydroxylation sites is 1. The van der Waals surface area contributed by atoms with Crippen molar-refractivity contribution in [2.24, 2.45) is 0 Å². The van der Waals surface area contributed by atoms with Crippen molar-refractivity contribution in [3.63, 3.8) is 0 Å². The molecule has 0 aliphatic rings. The molecule has 2 rings (SSSR count). The van der Waals surface area contributed by atoms with E-state index in [0.29, 0.717) is 17.9 Å². The third-order valence-electron chi connectivity index (χ3n) is 2.87. The number of pyridine rings is 1. The fourth-order valence-corrected chi connectivity index (χ4v) is 1.89. The second kappa shape index (κ2) is 7.31. The van der Waals surface area contributed by atoms with E-state index in [2.05, 4.69) is 28.9 Å². The smallest absolute Gasteiger partial charge is 0.247 e. The van der Waals surface area contributed by atoms with Crippen LogP contribution in [0.2, 0.25) is 0 Å². The summed E-state index contributed by atoms with van der Waals surface area (Å²) in [5.41, 5.74) is 2.39. The Labute approximate surface area is 123 Å². The number of aromatic nitrogens is 1. The Morgan fingerprint density at radius 3 is 2.76 bits per heavy atom. The molecule has 0 unspecified atom stereocenters. The number of nitrogens with zero attached hydrogens (tertiary/aromatic N) is 1. The van der Waals surface area contributed by atoms with E-state index in [0.717, 1.165) is 16.5 Å². The molecule has 4 nitrogen and oxygen atoms in total. The molecule has 1 heterocycles. The van der Waals surface area contributed by atoms with Gasteiger partial charge in [-0.1, -0.05) is 30.0 Å². The average Bonchev–Trinajstić information content (AvgIpc) is 2.50. The summed E-state index contributed by atoms with van der Waals surface area (Å²) in [6.45, 7) is 1.67. The number of hydrogen-bond acceptors (Lipinski definition) is 4. The number of benzene rings is 1. The fraction of sp³-hybridized carbons (Fsp3) is 0.235. The van der Waals surface area contributed by atoms with Crippen molar-refractivity contribution in [2.45, 2.75) is 13.3 Å². The fourth-order valence-electron chi connectivity index (χ4n) is 1.89. The first-order valence-electron chi connectivity index (χ1n) is 6.52. The van der Waals surface area contributed by atoms with Crippen LogP contribution in [0.25, 0.3) is 10.9 Å². The zero-order valence-electron chi connectivity index (χ0n) is 11.7. The van der Waals surface area contributed by atoms with E-state index in [1.54, 1.807) is 0 Å². The Balaban J connectivity index is 2.57. The summed E-state index contributed by atoms with van der Waals surface area (Å²) in [6.07, 6.45) is 2.78. The van der Waals surface area contributed by atoms with Crippen molar-refractivity contribution in [1.82, 2.24) is 4.98 Å². The summed E-state index contributed by atoms with van der Waals surface area (Å²) in [7, 11) is 0. The number of aliphatic hydroxyl groups is 2. The van der Waals surface area contributed by atoms with Crippen molar-refractivity contribution in [3.8, 4) is 29.7 Å². The van der Waals surface area contributed by atoms with Gasteiger partial charge >= 0.3 is 0 Å². The van der Waals surface area contributed by atoms with Crippen molar-refractivity contribution >= 4 is 10.9 Å². The summed E-state index contributed by atoms with van der Waals surface area (Å²) >= 11 is 0. The topological polar surface area (TPSA) is 62.6 Å². The first-order valence-corrected chi connectivity index (χ1v) is 6.52. The van der Waals surface area contributed by atoms with Crippen LogP contribution < -0.4 is 4.74 Å². The molecule has 0 bridgehead atoms. The van der Waals surface area contributed by atoms with Crippen molar-refractivity contribution < 1.29 is 14.9 Å². The normalized spacial score (nSPS) is 9.48. The average molecular weight is 281 g/mol. The zero-order chi connectivity index (χ0) is 15.1. The van der Waals surface area contributed by atoms with Crippen molar-refractivity contribution in [2.75, 3.05) is 13.2 Å². The SMILES string of the molecule is Cc1c(C#CCCO)c(OC#CCO)nc2ccccc12. The molecule has 1 aromatic heterocycles. The van der Waals surface area contributed by atoms with Gasteiger partial charge in [-0.05, 0) is 24.5 Å². The number of fused-ring (bicyclic) bond motifs is 1. The Hall–Kier alpha value is -2.53. The van der Waals surface area contributed by atoms with Gasteiger partial charge in [0.05, 0.1) is 17.7 Å². The minimum absolute atomic E-state index is 0.00751. The monoisotopic (exact) mass is 281 g/mol. The molecule has 0 atom stereocenters. The van der Waals surface area contributed by atoms with E-state index in [4.69, 9.17) is 14.9 Å². The Kier molecular flexibility index (Phi) is 5.17. The third-order valence-corrected chi connectivity index (χ3v) is 2.87. The van der Waals surface area contributed by atoms with E-state index in [1.165, 1.54) is 0 Å². The molecule has 0 spiro atoms. The van der Waals surface area contributed by atoms with Crippen LogP contribution in [0, 0.1) is 30.8 Å². The minimum atomic E-state index is -0.280. The van der Waals surface area contributed by atoms with Gasteiger partial charge in [-0.25, -0.2) is 4.98 Å². The van der Waals surface area contributed by atoms with Gasteiger partial charge in [0.15, 0.2) is 0 Å². The molecule has 0 fully saturated rings. The quantitative estimate of drug-likeness (QED) is 0.821. The van der Waals surface area contributed by atoms with Crippen LogP contribution >= 0.6 is 0 Å². The highest BCUT2D eigenvalue weighted by atomic mass is 16.5. The predicted octanol–water partition coefficient (Wildman–Crippen LogP) is 1.61. The molecule has 0 aliphatic carbocycles. The standard InChI is InChI=1S/C17H15NO3/c1-13-14-7-2-3-9-16(14)18-17(21-12-6-11-20)15(13)8-4-5-10-19/h2-3,7,9,19-20H,5,10-11H2,1H3. The lowest BCUT2D eigenvalue weighted by Gasteiger charge is -2.08. The highest BCUT2D eigenvalue weighted by Crippen LogP contribution is 2.26. The minimum Gasteiger partial charge on any atom is -0.395 e. The molecule has 4 heteroatoms. The summed E-state index contributed by atoms with van der Waals surface area (Å²) in [5.74, 6) is 8.57. The zero-order valence-corrected chi connectivity index (χ0v) is 11.7. The summed E-state index contributed by atoms with van der Waals surface area (Å²) < 4.78 is 5.30. The maximum absolute atomic E-state index is 8.83. The van der Waals surface area contributed by atoms with Gasteiger partial charge in [0, 0.05) is 11.8 Å². The van der Waals surface area contributed by atoms with E-state index in [9.17, 15) is 0 Å². The van der Waals surface area contributed by atoms with Crippen LogP contribution in [0.15, 0.2) is 24.3 Å². The third kappa shape index (κ3) is 3.52. The second-order valence-electron chi connectivity index (χ2n) is 4.25. The summed E-state index contributed by atoms with van der Waals surface area (Å²) in [5, 5.41) is 18.5. The maximum Gasteiger partial charge on any atom is 0.247 e. The van der Waals surface area contributed by atoms with Crippen LogP contribution in [-0.4, -0.2) is 28.4 Å². The molecule has 0 saturated heterocycles. The van der Waals surface area contributed by atoms with Gasteiger partial charge in [-0.2, -0.15) is 0 Å². The Morgan fingerprint density at radius 1 is 1.19 bits per heavy atom. The summed E-state index contributed by atoms with van der Waals surface area (Å²) in [4.78, 5) is 4.42. The van der Waals surface area contributed by atoms with Crippen molar-refractivity contribution in [1.29, 1.82) is 0 Å². The molecule has 0 amide bonds. The van der Waals surface area contributed by atoms with Crippen LogP contribution in [0.4, 0.5) is 0 Å². The van der Waals surface area contributed by atoms with Crippen LogP contribution in [-0.2, 0) is 0 Å². The van der Waals surface area contributed by atoms with Crippen LogP contribution in [0.5, 0.6) is 5.88 Å². The first kappa shape index (κ1) is 14.9. The van der Waals surface area contributed by atoms with Gasteiger partial charge < -0.3 is 14.9 Å². The first-order chi connectivity index (χ1) is 10.3. The molecular formula is C17H15NO3. The molecule has 2 aromatic rings. The lowest BCUT2D eigenvalue weighted by molar-refractivity contribution is 0.305. The van der Waals surface area contributed by atoms with E-state index < -0.39 is 0 Å². The second-order valence-corrected chi connectivity index (χ2v) is 4.25. The van der Waals surface area contributed by atoms with Gasteiger partial charge in [0.1, 0.15) is 12.7 Å². The highest BCUT2D eigenvalue weighted by molar-refractivity contribution is 5.85. The van der Waals surface area contributed by atoms with Gasteiger partial charge in [0.25, 0.3) is 0 Å². The highest BCUT2D eigenvalue weighted by Gasteiger charge is 2.11. The predicted molar refractivity (Wildman–Crippen MR) is 80.6 cm³/mol. The lowest BCUT2D eigenvalue weighted by atomic mass is 10.0. The maximum atomic E-state index is 8.83. The van der Waals surface area contributed by atoms with Gasteiger partial charge in [-0.15, -0.1) is 0 Å². The molecular weight excluding hydrogens is 266 g/mol. The van der Waals surface area contributed by atoms with E-state index in [1.807, 2.05) is 31.2 Å². The number of rotatable bonds is 2. The van der Waals surface area contributed by atoms with Gasteiger partial charge in [0.2, 0.25) is 5.88 Å². The van der Waals surface area contributed by atoms with Crippen molar-refractivity contribution in [3.05, 3.63) is 35.4 Å². The van der Waals surface area contributed by atoms with Gasteiger partial charge in [-0.3, -0.25) is 0 Å². The molecule has 21 heavy (non-hydrogen) atoms. The number of hydrogen-bond donors (Lipinski definition) is 2. The van der Waals surface area contributed by atoms with Crippen LogP contribution in [0.3, 0.4) is 0 Å². The van der Waals surface area contributed by atoms with E-state index >= 15 is 0 Å². The molecule has 0 saturated carbocycles. The number of aryl methyl sites for hydroxylation is 1. The van der Waals surface area contributed by atoms with Crippen LogP contribution in [0.1, 0.15) is 17.5 Å². The summed E-state index contributed by atoms with van der Waals surface area (Å²) in [6, 6.07) is 7.70. The largest absolute Gasteiger partial charge is 0.395 e. The number of aliphatic hydroxyl groups excluding tert-OH is 2. The molecule has 1 aromatic carbocycles. The molecule has 0 aliphatic heterocycles. The Morgan fingerprint density at radius 2 is 2.00 bits per heavy atom. The lowest BCUT2D eigenvalue weighted by Crippen LogP contribution is -1.97. The van der Waals surface area contributed by atoms with E-state index in [-0.39, 0.29) is 13.2 Å². The Bertz CT molecular complexity index is 760. The molecule has 0 radical (unpaired) electrons. The molecule has 106 valence electrons.